The molecule has 3 rings (SSSR count). The summed E-state index contributed by atoms with van der Waals surface area (Å²) < 4.78 is 34.2. The first kappa shape index (κ1) is 33.5. The van der Waals surface area contributed by atoms with Crippen LogP contribution in [0.1, 0.15) is 38.8 Å². The van der Waals surface area contributed by atoms with Crippen molar-refractivity contribution in [1.29, 1.82) is 0 Å². The molecule has 0 bridgehead atoms. The lowest BCUT2D eigenvalue weighted by molar-refractivity contribution is -0.140. The molecular weight excluding hydrogens is 621 g/mol. The van der Waals surface area contributed by atoms with Crippen LogP contribution in [0.4, 0.5) is 5.69 Å². The molecule has 2 amide bonds. The molecule has 12 heteroatoms. The summed E-state index contributed by atoms with van der Waals surface area (Å²) in [6, 6.07) is 14.6. The monoisotopic (exact) mass is 653 g/mol. The Bertz CT molecular complexity index is 1540. The lowest BCUT2D eigenvalue weighted by Gasteiger charge is -2.34. The Kier molecular flexibility index (Phi) is 10.8. The number of benzene rings is 3. The molecule has 0 saturated carbocycles. The number of hydrogen-bond acceptors (Lipinski definition) is 5. The second-order valence-corrected chi connectivity index (χ2v) is 13.9. The van der Waals surface area contributed by atoms with E-state index in [1.807, 2.05) is 27.7 Å². The van der Waals surface area contributed by atoms with Gasteiger partial charge in [0.05, 0.1) is 22.7 Å². The van der Waals surface area contributed by atoms with E-state index in [1.54, 1.807) is 37.3 Å². The number of carbonyl (C=O) groups excluding carboxylic acids is 2. The highest BCUT2D eigenvalue weighted by molar-refractivity contribution is 7.92. The van der Waals surface area contributed by atoms with Crippen molar-refractivity contribution >= 4 is 62.3 Å². The molecule has 8 nitrogen and oxygen atoms in total. The fraction of sp³-hybridized carbons (Fsp3) is 0.333. The Morgan fingerprint density at radius 3 is 2.07 bits per heavy atom. The van der Waals surface area contributed by atoms with E-state index in [0.29, 0.717) is 21.4 Å². The van der Waals surface area contributed by atoms with E-state index in [9.17, 15) is 18.0 Å². The summed E-state index contributed by atoms with van der Waals surface area (Å²) in [5.74, 6) is -0.758. The number of nitrogens with zero attached hydrogens (tertiary/aromatic N) is 2. The molecule has 1 atom stereocenters. The number of rotatable bonds is 10. The molecule has 1 N–H and O–H groups in total. The first-order chi connectivity index (χ1) is 19.5. The highest BCUT2D eigenvalue weighted by Gasteiger charge is 2.34. The molecule has 0 radical (unpaired) electrons. The largest absolute Gasteiger partial charge is 0.495 e. The van der Waals surface area contributed by atoms with Gasteiger partial charge in [-0.15, -0.1) is 0 Å². The molecule has 0 fully saturated rings. The predicted octanol–water partition coefficient (Wildman–Crippen LogP) is 6.49. The van der Waals surface area contributed by atoms with Gasteiger partial charge in [-0.25, -0.2) is 8.42 Å². The van der Waals surface area contributed by atoms with E-state index < -0.39 is 40.0 Å². The second kappa shape index (κ2) is 13.5. The summed E-state index contributed by atoms with van der Waals surface area (Å²) in [7, 11) is -2.83. The van der Waals surface area contributed by atoms with Crippen molar-refractivity contribution in [2.45, 2.75) is 57.6 Å². The number of ether oxygens (including phenoxy) is 1. The number of amides is 2. The SMILES string of the molecule is COc1ccc(N(CC(=O)N(Cc2c(Cl)cccc2Cl)[C@@H](C)C(=O)NC(C)(C)C)S(=O)(=O)c2ccc(C)cc2)cc1Cl. The lowest BCUT2D eigenvalue weighted by Crippen LogP contribution is -2.54. The number of aryl methyl sites for hydroxylation is 1. The molecular formula is C30H34Cl3N3O5S. The van der Waals surface area contributed by atoms with Crippen LogP contribution in [0.25, 0.3) is 0 Å². The van der Waals surface area contributed by atoms with Crippen molar-refractivity contribution in [3.05, 3.63) is 86.9 Å². The van der Waals surface area contributed by atoms with Crippen molar-refractivity contribution in [1.82, 2.24) is 10.2 Å². The molecule has 0 unspecified atom stereocenters. The molecule has 0 aliphatic carbocycles. The highest BCUT2D eigenvalue weighted by Crippen LogP contribution is 2.33. The van der Waals surface area contributed by atoms with E-state index in [4.69, 9.17) is 39.5 Å². The van der Waals surface area contributed by atoms with Crippen LogP contribution in [0.3, 0.4) is 0 Å². The summed E-state index contributed by atoms with van der Waals surface area (Å²) in [5, 5.41) is 3.63. The van der Waals surface area contributed by atoms with Gasteiger partial charge in [0.25, 0.3) is 10.0 Å². The average Bonchev–Trinajstić information content (AvgIpc) is 2.90. The van der Waals surface area contributed by atoms with Crippen LogP contribution in [0.5, 0.6) is 5.75 Å². The van der Waals surface area contributed by atoms with Crippen molar-refractivity contribution in [2.75, 3.05) is 18.0 Å². The average molecular weight is 655 g/mol. The summed E-state index contributed by atoms with van der Waals surface area (Å²) in [4.78, 5) is 28.6. The molecule has 3 aromatic carbocycles. The third kappa shape index (κ3) is 8.10. The van der Waals surface area contributed by atoms with Crippen molar-refractivity contribution in [2.24, 2.45) is 0 Å². The topological polar surface area (TPSA) is 96.0 Å². The van der Waals surface area contributed by atoms with E-state index in [0.717, 1.165) is 9.87 Å². The van der Waals surface area contributed by atoms with E-state index in [-0.39, 0.29) is 22.2 Å². The Morgan fingerprint density at radius 1 is 0.952 bits per heavy atom. The van der Waals surface area contributed by atoms with Gasteiger partial charge in [-0.2, -0.15) is 0 Å². The lowest BCUT2D eigenvalue weighted by atomic mass is 10.1. The third-order valence-electron chi connectivity index (χ3n) is 6.37. The fourth-order valence-corrected chi connectivity index (χ4v) is 6.26. The van der Waals surface area contributed by atoms with Gasteiger partial charge >= 0.3 is 0 Å². The smallest absolute Gasteiger partial charge is 0.264 e. The van der Waals surface area contributed by atoms with Gasteiger partial charge < -0.3 is 15.0 Å². The Morgan fingerprint density at radius 2 is 1.55 bits per heavy atom. The van der Waals surface area contributed by atoms with Gasteiger partial charge in [0, 0.05) is 27.7 Å². The maximum atomic E-state index is 14.1. The number of carbonyl (C=O) groups is 2. The van der Waals surface area contributed by atoms with Gasteiger partial charge in [0.15, 0.2) is 0 Å². The highest BCUT2D eigenvalue weighted by atomic mass is 35.5. The van der Waals surface area contributed by atoms with Gasteiger partial charge in [-0.3, -0.25) is 13.9 Å². The fourth-order valence-electron chi connectivity index (χ4n) is 4.09. The van der Waals surface area contributed by atoms with Crippen molar-refractivity contribution < 1.29 is 22.7 Å². The van der Waals surface area contributed by atoms with Gasteiger partial charge in [-0.1, -0.05) is 58.6 Å². The van der Waals surface area contributed by atoms with Crippen molar-refractivity contribution in [3.63, 3.8) is 0 Å². The Hall–Kier alpha value is -2.98. The standard InChI is InChI=1S/C30H34Cl3N3O5S/c1-19-10-13-22(14-11-19)42(39,40)36(21-12-15-27(41-6)26(33)16-21)18-28(37)35(20(2)29(38)34-30(3,4)5)17-23-24(31)8-7-9-25(23)32/h7-16,20H,17-18H2,1-6H3,(H,34,38)/t20-/m0/s1. The first-order valence-electron chi connectivity index (χ1n) is 13.0. The summed E-state index contributed by atoms with van der Waals surface area (Å²) in [5.41, 5.74) is 0.843. The van der Waals surface area contributed by atoms with Crippen molar-refractivity contribution in [3.8, 4) is 5.75 Å². The number of nitrogens with one attached hydrogen (secondary N) is 1. The number of sulfonamides is 1. The van der Waals surface area contributed by atoms with Gasteiger partial charge in [0.1, 0.15) is 18.3 Å². The van der Waals surface area contributed by atoms with Crippen LogP contribution in [-0.4, -0.2) is 50.4 Å². The third-order valence-corrected chi connectivity index (χ3v) is 9.16. The minimum atomic E-state index is -4.27. The van der Waals surface area contributed by atoms with Crippen LogP contribution in [-0.2, 0) is 26.2 Å². The molecule has 0 aromatic heterocycles. The molecule has 0 heterocycles. The molecule has 226 valence electrons. The van der Waals surface area contributed by atoms with Crippen LogP contribution in [0.15, 0.2) is 65.6 Å². The summed E-state index contributed by atoms with van der Waals surface area (Å²) in [6.45, 7) is 8.06. The minimum Gasteiger partial charge on any atom is -0.495 e. The molecule has 0 aliphatic heterocycles. The molecule has 0 spiro atoms. The maximum Gasteiger partial charge on any atom is 0.264 e. The summed E-state index contributed by atoms with van der Waals surface area (Å²) in [6.07, 6.45) is 0. The second-order valence-electron chi connectivity index (χ2n) is 10.8. The number of methoxy groups -OCH3 is 1. The molecule has 0 aliphatic rings. The van der Waals surface area contributed by atoms with Crippen LogP contribution >= 0.6 is 34.8 Å². The normalized spacial score (nSPS) is 12.4. The zero-order chi connectivity index (χ0) is 31.4. The Balaban J connectivity index is 2.11. The number of hydrogen-bond donors (Lipinski definition) is 1. The molecule has 3 aromatic rings. The molecule has 0 saturated heterocycles. The molecule has 42 heavy (non-hydrogen) atoms. The van der Waals surface area contributed by atoms with E-state index in [1.165, 1.54) is 42.3 Å². The van der Waals surface area contributed by atoms with E-state index in [2.05, 4.69) is 5.32 Å². The number of halogens is 3. The maximum absolute atomic E-state index is 14.1. The van der Waals surface area contributed by atoms with Gasteiger partial charge in [0.2, 0.25) is 11.8 Å². The zero-order valence-corrected chi connectivity index (χ0v) is 27.3. The predicted molar refractivity (Wildman–Crippen MR) is 168 cm³/mol. The Labute approximate surface area is 262 Å². The quantitative estimate of drug-likeness (QED) is 0.270. The number of anilines is 1. The van der Waals surface area contributed by atoms with Crippen LogP contribution in [0, 0.1) is 6.92 Å². The van der Waals surface area contributed by atoms with Crippen LogP contribution < -0.4 is 14.4 Å². The first-order valence-corrected chi connectivity index (χ1v) is 15.6. The van der Waals surface area contributed by atoms with Gasteiger partial charge in [-0.05, 0) is 77.1 Å². The van der Waals surface area contributed by atoms with Crippen LogP contribution in [0.2, 0.25) is 15.1 Å². The zero-order valence-electron chi connectivity index (χ0n) is 24.2. The summed E-state index contributed by atoms with van der Waals surface area (Å²) >= 11 is 19.2. The minimum absolute atomic E-state index is 0.0212. The van der Waals surface area contributed by atoms with E-state index >= 15 is 0 Å².